The fourth-order valence-electron chi connectivity index (χ4n) is 3.02. The smallest absolute Gasteiger partial charge is 0.332 e. The number of carbonyl (C=O) groups is 1. The summed E-state index contributed by atoms with van der Waals surface area (Å²) in [5.74, 6) is -0.117. The largest absolute Gasteiger partial charge is 0.465 e. The first-order valence-electron chi connectivity index (χ1n) is 8.67. The summed E-state index contributed by atoms with van der Waals surface area (Å²) in [5.41, 5.74) is 0.404. The number of hydrogen-bond acceptors (Lipinski definition) is 7. The number of esters is 1. The average Bonchev–Trinajstić information content (AvgIpc) is 3.00. The summed E-state index contributed by atoms with van der Waals surface area (Å²) in [6.45, 7) is 6.00. The summed E-state index contributed by atoms with van der Waals surface area (Å²) in [5, 5.41) is 5.75. The van der Waals surface area contributed by atoms with E-state index < -0.39 is 17.2 Å². The Labute approximate surface area is 155 Å². The van der Waals surface area contributed by atoms with Crippen molar-refractivity contribution in [3.05, 3.63) is 33.0 Å². The molecule has 2 aromatic rings. The molecular formula is C17H22N6O4. The monoisotopic (exact) mass is 374 g/mol. The van der Waals surface area contributed by atoms with Crippen LogP contribution in [0.15, 0.2) is 26.8 Å². The number of hydrazone groups is 1. The third-order valence-electron chi connectivity index (χ3n) is 4.23. The quantitative estimate of drug-likeness (QED) is 0.548. The van der Waals surface area contributed by atoms with E-state index >= 15 is 0 Å². The van der Waals surface area contributed by atoms with Gasteiger partial charge in [-0.1, -0.05) is 12.2 Å². The number of ether oxygens (including phenoxy) is 1. The number of allylic oxidation sites excluding steroid dienone is 2. The molecule has 10 heteroatoms. The fraction of sp³-hybridized carbons (Fsp3) is 0.471. The second kappa shape index (κ2) is 7.22. The number of aryl methyl sites for hydroxylation is 1. The van der Waals surface area contributed by atoms with Gasteiger partial charge in [-0.3, -0.25) is 23.3 Å². The van der Waals surface area contributed by atoms with Crippen molar-refractivity contribution in [2.45, 2.75) is 33.9 Å². The van der Waals surface area contributed by atoms with Crippen LogP contribution in [0.25, 0.3) is 11.2 Å². The molecule has 0 fully saturated rings. The van der Waals surface area contributed by atoms with Crippen molar-refractivity contribution in [3.63, 3.8) is 0 Å². The minimum Gasteiger partial charge on any atom is -0.465 e. The van der Waals surface area contributed by atoms with Crippen molar-refractivity contribution >= 4 is 28.8 Å². The Kier molecular flexibility index (Phi) is 4.98. The predicted octanol–water partition coefficient (Wildman–Crippen LogP) is 0.232. The molecular weight excluding hydrogens is 352 g/mol. The van der Waals surface area contributed by atoms with Crippen LogP contribution >= 0.6 is 0 Å². The van der Waals surface area contributed by atoms with Gasteiger partial charge in [0, 0.05) is 13.6 Å². The van der Waals surface area contributed by atoms with Crippen LogP contribution in [0.5, 0.6) is 0 Å². The SMILES string of the molecule is C/C=C/Cn1c(=O)c2c(nc3n2CC(C)=NN3CC(=O)OCC)n(C)c1=O. The molecule has 0 N–H and O–H groups in total. The lowest BCUT2D eigenvalue weighted by atomic mass is 10.3. The van der Waals surface area contributed by atoms with Crippen molar-refractivity contribution in [2.24, 2.45) is 12.1 Å². The number of anilines is 1. The van der Waals surface area contributed by atoms with Gasteiger partial charge in [-0.15, -0.1) is 0 Å². The molecule has 1 aliphatic rings. The summed E-state index contributed by atoms with van der Waals surface area (Å²) < 4.78 is 9.17. The zero-order chi connectivity index (χ0) is 19.7. The molecule has 144 valence electrons. The number of rotatable bonds is 5. The topological polar surface area (TPSA) is 104 Å². The maximum Gasteiger partial charge on any atom is 0.332 e. The normalized spacial score (nSPS) is 13.9. The summed E-state index contributed by atoms with van der Waals surface area (Å²) in [4.78, 5) is 41.9. The summed E-state index contributed by atoms with van der Waals surface area (Å²) in [6, 6.07) is 0. The van der Waals surface area contributed by atoms with Crippen LogP contribution in [0.3, 0.4) is 0 Å². The maximum absolute atomic E-state index is 13.0. The molecule has 0 saturated heterocycles. The standard InChI is InChI=1S/C17H22N6O4/c1-5-7-8-21-15(25)13-14(20(4)17(21)26)18-16-22(13)9-11(3)19-23(16)10-12(24)27-6-2/h5,7H,6,8-10H2,1-4H3/b7-5+. The van der Waals surface area contributed by atoms with Gasteiger partial charge in [0.15, 0.2) is 11.2 Å². The Bertz CT molecular complexity index is 1070. The molecule has 10 nitrogen and oxygen atoms in total. The molecule has 0 atom stereocenters. The molecule has 0 aliphatic carbocycles. The molecule has 0 aromatic carbocycles. The first-order valence-corrected chi connectivity index (χ1v) is 8.67. The highest BCUT2D eigenvalue weighted by atomic mass is 16.5. The Morgan fingerprint density at radius 2 is 2.07 bits per heavy atom. The zero-order valence-electron chi connectivity index (χ0n) is 15.8. The molecule has 27 heavy (non-hydrogen) atoms. The maximum atomic E-state index is 13.0. The van der Waals surface area contributed by atoms with E-state index in [1.54, 1.807) is 37.6 Å². The second-order valence-corrected chi connectivity index (χ2v) is 6.19. The van der Waals surface area contributed by atoms with Crippen LogP contribution in [0.1, 0.15) is 20.8 Å². The lowest BCUT2D eigenvalue weighted by Gasteiger charge is -2.23. The highest BCUT2D eigenvalue weighted by Crippen LogP contribution is 2.23. The van der Waals surface area contributed by atoms with Crippen LogP contribution in [-0.2, 0) is 29.7 Å². The van der Waals surface area contributed by atoms with Crippen LogP contribution in [0.4, 0.5) is 5.95 Å². The van der Waals surface area contributed by atoms with Gasteiger partial charge in [-0.05, 0) is 20.8 Å². The highest BCUT2D eigenvalue weighted by molar-refractivity contribution is 5.89. The van der Waals surface area contributed by atoms with Crippen LogP contribution in [0, 0.1) is 0 Å². The van der Waals surface area contributed by atoms with Gasteiger partial charge < -0.3 is 4.74 Å². The van der Waals surface area contributed by atoms with Gasteiger partial charge in [0.2, 0.25) is 5.95 Å². The third-order valence-corrected chi connectivity index (χ3v) is 4.23. The number of carbonyl (C=O) groups excluding carboxylic acids is 1. The first kappa shape index (κ1) is 18.6. The molecule has 0 bridgehead atoms. The Morgan fingerprint density at radius 1 is 1.33 bits per heavy atom. The Hall–Kier alpha value is -3.17. The van der Waals surface area contributed by atoms with Crippen molar-refractivity contribution in [2.75, 3.05) is 18.2 Å². The molecule has 1 aliphatic heterocycles. The Balaban J connectivity index is 2.21. The fourth-order valence-corrected chi connectivity index (χ4v) is 3.02. The number of aromatic nitrogens is 4. The molecule has 0 saturated carbocycles. The summed E-state index contributed by atoms with van der Waals surface area (Å²) in [7, 11) is 1.57. The first-order chi connectivity index (χ1) is 12.9. The van der Waals surface area contributed by atoms with Gasteiger partial charge in [0.25, 0.3) is 5.56 Å². The van der Waals surface area contributed by atoms with Crippen LogP contribution < -0.4 is 16.3 Å². The molecule has 3 heterocycles. The predicted molar refractivity (Wildman–Crippen MR) is 101 cm³/mol. The summed E-state index contributed by atoms with van der Waals surface area (Å²) >= 11 is 0. The van der Waals surface area contributed by atoms with Gasteiger partial charge in [0.1, 0.15) is 6.54 Å². The van der Waals surface area contributed by atoms with Crippen LogP contribution in [-0.4, -0.2) is 43.5 Å². The molecule has 0 radical (unpaired) electrons. The van der Waals surface area contributed by atoms with Gasteiger partial charge in [-0.25, -0.2) is 9.80 Å². The van der Waals surface area contributed by atoms with Crippen molar-refractivity contribution < 1.29 is 9.53 Å². The molecule has 0 unspecified atom stereocenters. The lowest BCUT2D eigenvalue weighted by molar-refractivity contribution is -0.141. The Morgan fingerprint density at radius 3 is 2.74 bits per heavy atom. The third kappa shape index (κ3) is 3.18. The van der Waals surface area contributed by atoms with Crippen molar-refractivity contribution in [1.29, 1.82) is 0 Å². The number of hydrogen-bond donors (Lipinski definition) is 0. The van der Waals surface area contributed by atoms with Gasteiger partial charge >= 0.3 is 11.7 Å². The van der Waals surface area contributed by atoms with E-state index in [9.17, 15) is 14.4 Å². The van der Waals surface area contributed by atoms with E-state index in [0.29, 0.717) is 23.7 Å². The molecule has 0 amide bonds. The summed E-state index contributed by atoms with van der Waals surface area (Å²) in [6.07, 6.45) is 3.52. The number of fused-ring (bicyclic) bond motifs is 3. The number of imidazole rings is 1. The van der Waals surface area contributed by atoms with E-state index in [1.165, 1.54) is 9.58 Å². The van der Waals surface area contributed by atoms with E-state index in [-0.39, 0.29) is 25.3 Å². The minimum atomic E-state index is -0.450. The van der Waals surface area contributed by atoms with Crippen molar-refractivity contribution in [1.82, 2.24) is 18.7 Å². The average molecular weight is 374 g/mol. The van der Waals surface area contributed by atoms with Crippen molar-refractivity contribution in [3.8, 4) is 0 Å². The van der Waals surface area contributed by atoms with Gasteiger partial charge in [0.05, 0.1) is 18.9 Å². The highest BCUT2D eigenvalue weighted by Gasteiger charge is 2.27. The van der Waals surface area contributed by atoms with Crippen LogP contribution in [0.2, 0.25) is 0 Å². The van der Waals surface area contributed by atoms with E-state index in [0.717, 1.165) is 4.57 Å². The van der Waals surface area contributed by atoms with E-state index in [1.807, 2.05) is 6.92 Å². The zero-order valence-corrected chi connectivity index (χ0v) is 15.8. The van der Waals surface area contributed by atoms with Gasteiger partial charge in [-0.2, -0.15) is 10.1 Å². The lowest BCUT2D eigenvalue weighted by Crippen LogP contribution is -2.40. The molecule has 0 spiro atoms. The van der Waals surface area contributed by atoms with E-state index in [2.05, 4.69) is 10.1 Å². The number of nitrogens with zero attached hydrogens (tertiary/aromatic N) is 6. The second-order valence-electron chi connectivity index (χ2n) is 6.19. The molecule has 2 aromatic heterocycles. The minimum absolute atomic E-state index is 0.130. The molecule has 3 rings (SSSR count). The van der Waals surface area contributed by atoms with E-state index in [4.69, 9.17) is 4.74 Å².